The second-order valence-corrected chi connectivity index (χ2v) is 6.70. The van der Waals surface area contributed by atoms with E-state index >= 15 is 0 Å². The fourth-order valence-corrected chi connectivity index (χ4v) is 4.22. The molecule has 1 aromatic heterocycles. The molecule has 1 aromatic rings. The summed E-state index contributed by atoms with van der Waals surface area (Å²) < 4.78 is 0. The van der Waals surface area contributed by atoms with E-state index in [9.17, 15) is 0 Å². The van der Waals surface area contributed by atoms with Crippen molar-refractivity contribution in [2.75, 3.05) is 0 Å². The van der Waals surface area contributed by atoms with Crippen LogP contribution in [0, 0.1) is 17.8 Å². The number of nitrogens with two attached hydrogens (primary N) is 1. The van der Waals surface area contributed by atoms with Gasteiger partial charge in [0.2, 0.25) is 0 Å². The predicted octanol–water partition coefficient (Wildman–Crippen LogP) is 3.99. The Bertz CT molecular complexity index is 331. The van der Waals surface area contributed by atoms with Gasteiger partial charge in [0.1, 0.15) is 0 Å². The fraction of sp³-hybridized carbons (Fsp3) is 0.714. The van der Waals surface area contributed by atoms with Crippen LogP contribution < -0.4 is 5.73 Å². The minimum Gasteiger partial charge on any atom is -0.320 e. The zero-order valence-corrected chi connectivity index (χ0v) is 11.4. The van der Waals surface area contributed by atoms with E-state index in [1.54, 1.807) is 0 Å². The third-order valence-corrected chi connectivity index (χ3v) is 5.17. The van der Waals surface area contributed by atoms with E-state index in [2.05, 4.69) is 38.3 Å². The zero-order chi connectivity index (χ0) is 11.8. The van der Waals surface area contributed by atoms with Crippen LogP contribution in [-0.4, -0.2) is 0 Å². The summed E-state index contributed by atoms with van der Waals surface area (Å²) in [5.74, 6) is 2.09. The van der Waals surface area contributed by atoms with Crippen molar-refractivity contribution in [3.05, 3.63) is 22.4 Å². The summed E-state index contributed by atoms with van der Waals surface area (Å²) in [7, 11) is 0. The molecule has 3 atom stereocenters. The van der Waals surface area contributed by atoms with Crippen LogP contribution in [0.1, 0.15) is 44.9 Å². The Hall–Kier alpha value is -0.340. The van der Waals surface area contributed by atoms with Gasteiger partial charge in [0.05, 0.1) is 5.54 Å². The van der Waals surface area contributed by atoms with Gasteiger partial charge in [-0.2, -0.15) is 0 Å². The smallest absolute Gasteiger partial charge is 0.0537 e. The van der Waals surface area contributed by atoms with E-state index in [1.807, 2.05) is 11.3 Å². The lowest BCUT2D eigenvalue weighted by Crippen LogP contribution is -2.49. The van der Waals surface area contributed by atoms with Crippen molar-refractivity contribution < 1.29 is 0 Å². The van der Waals surface area contributed by atoms with Crippen LogP contribution in [0.15, 0.2) is 17.5 Å². The van der Waals surface area contributed by atoms with Crippen LogP contribution in [0.5, 0.6) is 0 Å². The summed E-state index contributed by atoms with van der Waals surface area (Å²) in [6.07, 6.45) is 3.77. The molecule has 0 spiro atoms. The van der Waals surface area contributed by atoms with Crippen molar-refractivity contribution in [1.29, 1.82) is 0 Å². The molecule has 0 amide bonds. The molecule has 3 unspecified atom stereocenters. The van der Waals surface area contributed by atoms with Gasteiger partial charge in [-0.25, -0.2) is 0 Å². The summed E-state index contributed by atoms with van der Waals surface area (Å²) in [5.41, 5.74) is 6.70. The van der Waals surface area contributed by atoms with Crippen LogP contribution in [0.4, 0.5) is 0 Å². The summed E-state index contributed by atoms with van der Waals surface area (Å²) in [5, 5.41) is 2.15. The lowest BCUT2D eigenvalue weighted by molar-refractivity contribution is 0.111. The van der Waals surface area contributed by atoms with E-state index in [4.69, 9.17) is 5.73 Å². The van der Waals surface area contributed by atoms with Crippen LogP contribution in [0.25, 0.3) is 0 Å². The molecular formula is C14H23NS. The largest absolute Gasteiger partial charge is 0.320 e. The molecule has 1 nitrogen and oxygen atoms in total. The molecule has 1 fully saturated rings. The maximum Gasteiger partial charge on any atom is 0.0537 e. The van der Waals surface area contributed by atoms with Gasteiger partial charge in [-0.05, 0) is 42.0 Å². The SMILES string of the molecule is CC1CCC(C(C)C)C(N)(c2cccs2)C1. The van der Waals surface area contributed by atoms with E-state index in [0.717, 1.165) is 12.3 Å². The lowest BCUT2D eigenvalue weighted by atomic mass is 9.65. The standard InChI is InChI=1S/C14H23NS/c1-10(2)12-7-6-11(3)9-14(12,15)13-5-4-8-16-13/h4-5,8,10-12H,6-7,9,15H2,1-3H3. The predicted molar refractivity (Wildman–Crippen MR) is 71.5 cm³/mol. The first-order valence-corrected chi connectivity index (χ1v) is 7.25. The first-order chi connectivity index (χ1) is 7.54. The highest BCUT2D eigenvalue weighted by Crippen LogP contribution is 2.46. The lowest BCUT2D eigenvalue weighted by Gasteiger charge is -2.45. The second-order valence-electron chi connectivity index (χ2n) is 5.75. The Morgan fingerprint density at radius 2 is 2.19 bits per heavy atom. The molecule has 1 aliphatic carbocycles. The van der Waals surface area contributed by atoms with Crippen molar-refractivity contribution in [1.82, 2.24) is 0 Å². The second kappa shape index (κ2) is 4.50. The molecule has 0 saturated heterocycles. The molecule has 1 saturated carbocycles. The monoisotopic (exact) mass is 237 g/mol. The number of hydrogen-bond acceptors (Lipinski definition) is 2. The normalized spacial score (nSPS) is 35.6. The topological polar surface area (TPSA) is 26.0 Å². The summed E-state index contributed by atoms with van der Waals surface area (Å²) in [4.78, 5) is 1.39. The van der Waals surface area contributed by atoms with Crippen molar-refractivity contribution >= 4 is 11.3 Å². The number of thiophene rings is 1. The van der Waals surface area contributed by atoms with Crippen molar-refractivity contribution in [3.63, 3.8) is 0 Å². The average Bonchev–Trinajstić information content (AvgIpc) is 2.69. The van der Waals surface area contributed by atoms with Gasteiger partial charge in [-0.15, -0.1) is 11.3 Å². The Balaban J connectivity index is 2.32. The third kappa shape index (κ3) is 2.05. The Labute approximate surface area is 103 Å². The molecular weight excluding hydrogens is 214 g/mol. The van der Waals surface area contributed by atoms with E-state index < -0.39 is 0 Å². The zero-order valence-electron chi connectivity index (χ0n) is 10.6. The highest BCUT2D eigenvalue weighted by atomic mass is 32.1. The average molecular weight is 237 g/mol. The highest BCUT2D eigenvalue weighted by molar-refractivity contribution is 7.10. The van der Waals surface area contributed by atoms with Crippen LogP contribution in [0.2, 0.25) is 0 Å². The molecule has 1 aliphatic rings. The van der Waals surface area contributed by atoms with E-state index in [0.29, 0.717) is 11.8 Å². The van der Waals surface area contributed by atoms with Crippen LogP contribution in [0.3, 0.4) is 0 Å². The summed E-state index contributed by atoms with van der Waals surface area (Å²) in [6.45, 7) is 6.97. The maximum absolute atomic E-state index is 6.77. The quantitative estimate of drug-likeness (QED) is 0.827. The molecule has 90 valence electrons. The van der Waals surface area contributed by atoms with E-state index in [-0.39, 0.29) is 5.54 Å². The summed E-state index contributed by atoms with van der Waals surface area (Å²) in [6, 6.07) is 4.35. The first-order valence-electron chi connectivity index (χ1n) is 6.37. The third-order valence-electron chi connectivity index (χ3n) is 4.10. The molecule has 16 heavy (non-hydrogen) atoms. The van der Waals surface area contributed by atoms with Gasteiger partial charge in [0.15, 0.2) is 0 Å². The molecule has 0 bridgehead atoms. The maximum atomic E-state index is 6.77. The number of hydrogen-bond donors (Lipinski definition) is 1. The molecule has 1 heterocycles. The Morgan fingerprint density at radius 3 is 2.75 bits per heavy atom. The molecule has 2 heteroatoms. The van der Waals surface area contributed by atoms with Gasteiger partial charge >= 0.3 is 0 Å². The Morgan fingerprint density at radius 1 is 1.44 bits per heavy atom. The highest BCUT2D eigenvalue weighted by Gasteiger charge is 2.42. The minimum absolute atomic E-state index is 0.0694. The van der Waals surface area contributed by atoms with Crippen molar-refractivity contribution in [2.45, 2.75) is 45.6 Å². The van der Waals surface area contributed by atoms with Gasteiger partial charge in [0, 0.05) is 4.88 Å². The minimum atomic E-state index is -0.0694. The molecule has 2 rings (SSSR count). The molecule has 2 N–H and O–H groups in total. The van der Waals surface area contributed by atoms with Crippen LogP contribution in [-0.2, 0) is 5.54 Å². The van der Waals surface area contributed by atoms with Gasteiger partial charge in [-0.1, -0.05) is 33.3 Å². The first kappa shape index (κ1) is 12.1. The van der Waals surface area contributed by atoms with Crippen molar-refractivity contribution in [2.24, 2.45) is 23.5 Å². The molecule has 0 aliphatic heterocycles. The fourth-order valence-electron chi connectivity index (χ4n) is 3.31. The van der Waals surface area contributed by atoms with E-state index in [1.165, 1.54) is 17.7 Å². The van der Waals surface area contributed by atoms with Gasteiger partial charge in [0.25, 0.3) is 0 Å². The van der Waals surface area contributed by atoms with Crippen LogP contribution >= 0.6 is 11.3 Å². The number of rotatable bonds is 2. The van der Waals surface area contributed by atoms with Gasteiger partial charge < -0.3 is 5.73 Å². The molecule has 0 aromatic carbocycles. The Kier molecular flexibility index (Phi) is 3.41. The summed E-state index contributed by atoms with van der Waals surface area (Å²) >= 11 is 1.83. The van der Waals surface area contributed by atoms with Crippen molar-refractivity contribution in [3.8, 4) is 0 Å². The molecule has 0 radical (unpaired) electrons. The van der Waals surface area contributed by atoms with Gasteiger partial charge in [-0.3, -0.25) is 0 Å².